The molecule has 1 aliphatic heterocycles. The molecular weight excluding hydrogens is 430 g/mol. The number of aliphatic hydroxyl groups excluding tert-OH is 1. The van der Waals surface area contributed by atoms with Crippen molar-refractivity contribution in [3.63, 3.8) is 0 Å². The van der Waals surface area contributed by atoms with Crippen LogP contribution in [0, 0.1) is 24.2 Å². The zero-order valence-corrected chi connectivity index (χ0v) is 19.8. The highest BCUT2D eigenvalue weighted by Crippen LogP contribution is 2.31. The number of carbonyl (C=O) groups excluding carboxylic acids is 1. The summed E-state index contributed by atoms with van der Waals surface area (Å²) >= 11 is 0. The molecule has 0 atom stereocenters. The number of Topliss-reactive ketones (excluding diaryl/α,β-unsaturated/α-hetero) is 1. The SMILES string of the molecule is CC(=O)CN1CCC(CCOc2ccc(-c3nc(C#N)nc4c3ccn4CCO)cc2C)CC1. The van der Waals surface area contributed by atoms with Gasteiger partial charge in [-0.25, -0.2) is 9.97 Å². The summed E-state index contributed by atoms with van der Waals surface area (Å²) in [6, 6.07) is 9.92. The van der Waals surface area contributed by atoms with Crippen molar-refractivity contribution >= 4 is 16.8 Å². The van der Waals surface area contributed by atoms with Gasteiger partial charge in [0.1, 0.15) is 23.2 Å². The van der Waals surface area contributed by atoms with Crippen LogP contribution < -0.4 is 4.74 Å². The minimum atomic E-state index is -0.00627. The highest BCUT2D eigenvalue weighted by atomic mass is 16.5. The Hall–Kier alpha value is -3.28. The minimum absolute atomic E-state index is 0.00627. The minimum Gasteiger partial charge on any atom is -0.493 e. The number of ketones is 1. The predicted molar refractivity (Wildman–Crippen MR) is 129 cm³/mol. The number of hydrogen-bond acceptors (Lipinski definition) is 7. The number of benzene rings is 1. The summed E-state index contributed by atoms with van der Waals surface area (Å²) in [5.41, 5.74) is 3.25. The number of rotatable bonds is 9. The van der Waals surface area contributed by atoms with Crippen molar-refractivity contribution < 1.29 is 14.6 Å². The highest BCUT2D eigenvalue weighted by Gasteiger charge is 2.20. The van der Waals surface area contributed by atoms with Gasteiger partial charge in [-0.15, -0.1) is 0 Å². The van der Waals surface area contributed by atoms with Crippen LogP contribution in [0.15, 0.2) is 30.5 Å². The van der Waals surface area contributed by atoms with Crippen molar-refractivity contribution in [2.75, 3.05) is 32.8 Å². The molecule has 0 radical (unpaired) electrons. The lowest BCUT2D eigenvalue weighted by Gasteiger charge is -2.31. The third kappa shape index (κ3) is 5.44. The van der Waals surface area contributed by atoms with E-state index in [-0.39, 0.29) is 18.2 Å². The zero-order valence-electron chi connectivity index (χ0n) is 19.8. The standard InChI is InChI=1S/C26H31N5O3/c1-18-15-21(25-22-7-11-31(12-13-32)26(22)29-24(16-27)28-25)3-4-23(18)34-14-8-20-5-9-30(10-6-20)17-19(2)33/h3-4,7,11,15,20,32H,5-6,8-10,12-14,17H2,1-2H3. The molecule has 0 aliphatic carbocycles. The number of nitrogens with zero attached hydrogens (tertiary/aromatic N) is 5. The van der Waals surface area contributed by atoms with Gasteiger partial charge in [-0.2, -0.15) is 5.26 Å². The molecule has 3 heterocycles. The quantitative estimate of drug-likeness (QED) is 0.521. The molecule has 34 heavy (non-hydrogen) atoms. The van der Waals surface area contributed by atoms with Crippen LogP contribution >= 0.6 is 0 Å². The van der Waals surface area contributed by atoms with Crippen LogP contribution in [0.4, 0.5) is 0 Å². The molecule has 1 saturated heterocycles. The summed E-state index contributed by atoms with van der Waals surface area (Å²) < 4.78 is 7.94. The Balaban J connectivity index is 1.42. The number of piperidine rings is 1. The maximum absolute atomic E-state index is 11.3. The number of carbonyl (C=O) groups is 1. The fraction of sp³-hybridized carbons (Fsp3) is 0.462. The van der Waals surface area contributed by atoms with Gasteiger partial charge in [-0.3, -0.25) is 9.69 Å². The van der Waals surface area contributed by atoms with Crippen molar-refractivity contribution in [3.05, 3.63) is 41.9 Å². The summed E-state index contributed by atoms with van der Waals surface area (Å²) in [4.78, 5) is 22.3. The fourth-order valence-corrected chi connectivity index (χ4v) is 4.67. The number of aliphatic hydroxyl groups is 1. The van der Waals surface area contributed by atoms with Crippen LogP contribution in [0.25, 0.3) is 22.3 Å². The van der Waals surface area contributed by atoms with E-state index in [1.807, 2.05) is 48.0 Å². The number of ether oxygens (including phenoxy) is 1. The van der Waals surface area contributed by atoms with Crippen LogP contribution in [0.3, 0.4) is 0 Å². The lowest BCUT2D eigenvalue weighted by Crippen LogP contribution is -2.37. The maximum atomic E-state index is 11.3. The summed E-state index contributed by atoms with van der Waals surface area (Å²) in [5.74, 6) is 1.81. The van der Waals surface area contributed by atoms with Crippen molar-refractivity contribution in [2.24, 2.45) is 5.92 Å². The Morgan fingerprint density at radius 2 is 2.06 bits per heavy atom. The first-order valence-electron chi connectivity index (χ1n) is 11.8. The third-order valence-corrected chi connectivity index (χ3v) is 6.45. The molecule has 1 aliphatic rings. The molecule has 1 aromatic carbocycles. The Bertz CT molecular complexity index is 1210. The smallest absolute Gasteiger partial charge is 0.234 e. The fourth-order valence-electron chi connectivity index (χ4n) is 4.67. The monoisotopic (exact) mass is 461 g/mol. The normalized spacial score (nSPS) is 14.9. The van der Waals surface area contributed by atoms with Gasteiger partial charge >= 0.3 is 0 Å². The van der Waals surface area contributed by atoms with E-state index in [0.717, 1.165) is 54.6 Å². The Kier molecular flexibility index (Phi) is 7.56. The van der Waals surface area contributed by atoms with Crippen molar-refractivity contribution in [3.8, 4) is 23.1 Å². The molecule has 2 aromatic heterocycles. The van der Waals surface area contributed by atoms with E-state index in [0.29, 0.717) is 37.0 Å². The van der Waals surface area contributed by atoms with E-state index in [1.54, 1.807) is 6.92 Å². The second-order valence-corrected chi connectivity index (χ2v) is 9.02. The largest absolute Gasteiger partial charge is 0.493 e. The first-order chi connectivity index (χ1) is 16.5. The summed E-state index contributed by atoms with van der Waals surface area (Å²) in [7, 11) is 0. The van der Waals surface area contributed by atoms with Crippen LogP contribution in [0.2, 0.25) is 0 Å². The Morgan fingerprint density at radius 3 is 2.74 bits per heavy atom. The molecule has 1 N–H and O–H groups in total. The van der Waals surface area contributed by atoms with E-state index in [2.05, 4.69) is 14.9 Å². The van der Waals surface area contributed by atoms with E-state index in [9.17, 15) is 15.2 Å². The molecule has 8 nitrogen and oxygen atoms in total. The predicted octanol–water partition coefficient (Wildman–Crippen LogP) is 3.34. The lowest BCUT2D eigenvalue weighted by molar-refractivity contribution is -0.118. The van der Waals surface area contributed by atoms with Gasteiger partial charge in [0.05, 0.1) is 25.5 Å². The third-order valence-electron chi connectivity index (χ3n) is 6.45. The lowest BCUT2D eigenvalue weighted by atomic mass is 9.94. The van der Waals surface area contributed by atoms with Crippen molar-refractivity contribution in [1.82, 2.24) is 19.4 Å². The van der Waals surface area contributed by atoms with Gasteiger partial charge < -0.3 is 14.4 Å². The number of aryl methyl sites for hydroxylation is 1. The van der Waals surface area contributed by atoms with E-state index >= 15 is 0 Å². The molecular formula is C26H31N5O3. The molecule has 1 fully saturated rings. The second-order valence-electron chi connectivity index (χ2n) is 9.02. The van der Waals surface area contributed by atoms with Crippen LogP contribution in [-0.2, 0) is 11.3 Å². The first-order valence-corrected chi connectivity index (χ1v) is 11.8. The molecule has 4 rings (SSSR count). The molecule has 0 bridgehead atoms. The average molecular weight is 462 g/mol. The second kappa shape index (κ2) is 10.8. The van der Waals surface area contributed by atoms with Crippen LogP contribution in [0.1, 0.15) is 37.6 Å². The van der Waals surface area contributed by atoms with Gasteiger partial charge in [-0.1, -0.05) is 0 Å². The Labute approximate surface area is 199 Å². The average Bonchev–Trinajstić information content (AvgIpc) is 3.23. The Morgan fingerprint density at radius 1 is 1.26 bits per heavy atom. The molecule has 8 heteroatoms. The van der Waals surface area contributed by atoms with Gasteiger partial charge in [0.15, 0.2) is 0 Å². The zero-order chi connectivity index (χ0) is 24.1. The molecule has 0 unspecified atom stereocenters. The maximum Gasteiger partial charge on any atom is 0.234 e. The van der Waals surface area contributed by atoms with E-state index in [4.69, 9.17) is 4.74 Å². The molecule has 0 spiro atoms. The number of aromatic nitrogens is 3. The van der Waals surface area contributed by atoms with E-state index < -0.39 is 0 Å². The van der Waals surface area contributed by atoms with Gasteiger partial charge in [0.25, 0.3) is 0 Å². The highest BCUT2D eigenvalue weighted by molar-refractivity contribution is 5.91. The van der Waals surface area contributed by atoms with Gasteiger partial charge in [0, 0.05) is 23.7 Å². The topological polar surface area (TPSA) is 104 Å². The van der Waals surface area contributed by atoms with Gasteiger partial charge in [-0.05, 0) is 81.9 Å². The van der Waals surface area contributed by atoms with Crippen LogP contribution in [0.5, 0.6) is 5.75 Å². The number of nitriles is 1. The molecule has 0 amide bonds. The molecule has 178 valence electrons. The summed E-state index contributed by atoms with van der Waals surface area (Å²) in [6.45, 7) is 7.26. The van der Waals surface area contributed by atoms with Gasteiger partial charge in [0.2, 0.25) is 5.82 Å². The summed E-state index contributed by atoms with van der Waals surface area (Å²) in [6.07, 6.45) is 5.07. The van der Waals surface area contributed by atoms with Crippen molar-refractivity contribution in [2.45, 2.75) is 39.7 Å². The number of likely N-dealkylation sites (tertiary alicyclic amines) is 1. The summed E-state index contributed by atoms with van der Waals surface area (Å²) in [5, 5.41) is 19.6. The van der Waals surface area contributed by atoms with Crippen molar-refractivity contribution in [1.29, 1.82) is 5.26 Å². The number of hydrogen-bond donors (Lipinski definition) is 1. The van der Waals surface area contributed by atoms with Crippen LogP contribution in [-0.4, -0.2) is 63.2 Å². The van der Waals surface area contributed by atoms with E-state index in [1.165, 1.54) is 0 Å². The first kappa shape index (κ1) is 23.9. The molecule has 3 aromatic rings. The number of fused-ring (bicyclic) bond motifs is 1. The molecule has 0 saturated carbocycles.